The molecule has 1 aliphatic rings. The molecule has 140 valence electrons. The van der Waals surface area contributed by atoms with Crippen molar-refractivity contribution in [2.24, 2.45) is 5.92 Å². The Morgan fingerprint density at radius 1 is 1.32 bits per heavy atom. The van der Waals surface area contributed by atoms with Crippen molar-refractivity contribution in [3.05, 3.63) is 35.9 Å². The van der Waals surface area contributed by atoms with Gasteiger partial charge in [0.15, 0.2) is 0 Å². The number of rotatable bonds is 7. The van der Waals surface area contributed by atoms with Crippen molar-refractivity contribution >= 4 is 6.03 Å². The second-order valence-corrected chi connectivity index (χ2v) is 7.65. The lowest BCUT2D eigenvalue weighted by molar-refractivity contribution is 0.129. The van der Waals surface area contributed by atoms with Crippen molar-refractivity contribution in [2.75, 3.05) is 13.2 Å². The number of aliphatic hydroxyl groups is 1. The normalized spacial score (nSPS) is 22.6. The van der Waals surface area contributed by atoms with E-state index in [-0.39, 0.29) is 24.7 Å². The van der Waals surface area contributed by atoms with E-state index in [2.05, 4.69) is 60.6 Å². The van der Waals surface area contributed by atoms with Crippen LogP contribution in [0.4, 0.5) is 4.79 Å². The van der Waals surface area contributed by atoms with E-state index in [1.807, 2.05) is 6.07 Å². The van der Waals surface area contributed by atoms with Crippen molar-refractivity contribution in [3.63, 3.8) is 0 Å². The smallest absolute Gasteiger partial charge is 0.315 e. The van der Waals surface area contributed by atoms with Gasteiger partial charge in [-0.05, 0) is 37.7 Å². The zero-order chi connectivity index (χ0) is 18.2. The van der Waals surface area contributed by atoms with Gasteiger partial charge in [-0.1, -0.05) is 44.2 Å². The van der Waals surface area contributed by atoms with Crippen LogP contribution in [0.5, 0.6) is 0 Å². The van der Waals surface area contributed by atoms with E-state index >= 15 is 0 Å². The molecule has 0 aliphatic carbocycles. The van der Waals surface area contributed by atoms with E-state index in [4.69, 9.17) is 0 Å². The monoisotopic (exact) mass is 347 g/mol. The van der Waals surface area contributed by atoms with Crippen LogP contribution in [-0.2, 0) is 6.54 Å². The first-order valence-corrected chi connectivity index (χ1v) is 9.43. The maximum Gasteiger partial charge on any atom is 0.315 e. The second-order valence-electron chi connectivity index (χ2n) is 7.65. The van der Waals surface area contributed by atoms with Crippen LogP contribution >= 0.6 is 0 Å². The molecular weight excluding hydrogens is 314 g/mol. The first-order chi connectivity index (χ1) is 12.0. The maximum atomic E-state index is 12.2. The van der Waals surface area contributed by atoms with Gasteiger partial charge < -0.3 is 15.7 Å². The van der Waals surface area contributed by atoms with E-state index in [0.29, 0.717) is 12.0 Å². The third-order valence-corrected chi connectivity index (χ3v) is 4.89. The number of carbonyl (C=O) groups is 1. The van der Waals surface area contributed by atoms with Crippen LogP contribution in [0.2, 0.25) is 0 Å². The van der Waals surface area contributed by atoms with Crippen LogP contribution < -0.4 is 10.6 Å². The summed E-state index contributed by atoms with van der Waals surface area (Å²) >= 11 is 0. The SMILES string of the molecule is CC(C)CC(CO)NC(=O)NC1CCN(Cc2ccccc2)C(C)C1. The fourth-order valence-corrected chi connectivity index (χ4v) is 3.57. The first-order valence-electron chi connectivity index (χ1n) is 9.43. The topological polar surface area (TPSA) is 64.6 Å². The number of hydrogen-bond donors (Lipinski definition) is 3. The van der Waals surface area contributed by atoms with Gasteiger partial charge in [0.2, 0.25) is 0 Å². The quantitative estimate of drug-likeness (QED) is 0.711. The van der Waals surface area contributed by atoms with Gasteiger partial charge in [0.1, 0.15) is 0 Å². The van der Waals surface area contributed by atoms with Crippen LogP contribution in [0.15, 0.2) is 30.3 Å². The molecular formula is C20H33N3O2. The predicted molar refractivity (Wildman–Crippen MR) is 101 cm³/mol. The molecule has 1 saturated heterocycles. The third kappa shape index (κ3) is 6.67. The Labute approximate surface area is 151 Å². The van der Waals surface area contributed by atoms with Crippen LogP contribution in [-0.4, -0.2) is 47.3 Å². The molecule has 1 fully saturated rings. The average Bonchev–Trinajstić information content (AvgIpc) is 2.57. The Morgan fingerprint density at radius 2 is 2.04 bits per heavy atom. The summed E-state index contributed by atoms with van der Waals surface area (Å²) in [4.78, 5) is 14.7. The van der Waals surface area contributed by atoms with E-state index in [1.54, 1.807) is 0 Å². The zero-order valence-electron chi connectivity index (χ0n) is 15.7. The minimum atomic E-state index is -0.171. The van der Waals surface area contributed by atoms with Crippen molar-refractivity contribution < 1.29 is 9.90 Å². The summed E-state index contributed by atoms with van der Waals surface area (Å²) in [6, 6.07) is 10.8. The molecule has 5 heteroatoms. The van der Waals surface area contributed by atoms with E-state index in [0.717, 1.165) is 32.4 Å². The summed E-state index contributed by atoms with van der Waals surface area (Å²) in [5.41, 5.74) is 1.33. The second kappa shape index (κ2) is 9.78. The van der Waals surface area contributed by atoms with Crippen LogP contribution in [0.3, 0.4) is 0 Å². The molecule has 3 N–H and O–H groups in total. The molecule has 0 bridgehead atoms. The molecule has 3 unspecified atom stereocenters. The molecule has 3 atom stereocenters. The van der Waals surface area contributed by atoms with E-state index < -0.39 is 0 Å². The number of likely N-dealkylation sites (tertiary alicyclic amines) is 1. The van der Waals surface area contributed by atoms with Gasteiger partial charge in [0, 0.05) is 25.2 Å². The predicted octanol–water partition coefficient (Wildman–Crippen LogP) is 2.75. The fraction of sp³-hybridized carbons (Fsp3) is 0.650. The fourth-order valence-electron chi connectivity index (χ4n) is 3.57. The summed E-state index contributed by atoms with van der Waals surface area (Å²) in [6.07, 6.45) is 2.70. The molecule has 0 spiro atoms. The first kappa shape index (κ1) is 19.7. The van der Waals surface area contributed by atoms with Gasteiger partial charge in [0.05, 0.1) is 12.6 Å². The average molecular weight is 348 g/mol. The van der Waals surface area contributed by atoms with Gasteiger partial charge >= 0.3 is 6.03 Å². The third-order valence-electron chi connectivity index (χ3n) is 4.89. The van der Waals surface area contributed by atoms with Gasteiger partial charge in [-0.25, -0.2) is 4.79 Å². The number of hydrogen-bond acceptors (Lipinski definition) is 3. The highest BCUT2D eigenvalue weighted by Crippen LogP contribution is 2.20. The van der Waals surface area contributed by atoms with Crippen molar-refractivity contribution in [1.82, 2.24) is 15.5 Å². The molecule has 1 aromatic rings. The molecule has 0 aromatic heterocycles. The van der Waals surface area contributed by atoms with Crippen molar-refractivity contribution in [2.45, 2.75) is 64.7 Å². The number of nitrogens with zero attached hydrogens (tertiary/aromatic N) is 1. The van der Waals surface area contributed by atoms with Crippen molar-refractivity contribution in [1.29, 1.82) is 0 Å². The van der Waals surface area contributed by atoms with E-state index in [1.165, 1.54) is 5.56 Å². The largest absolute Gasteiger partial charge is 0.394 e. The van der Waals surface area contributed by atoms with Gasteiger partial charge in [0.25, 0.3) is 0 Å². The number of benzene rings is 1. The maximum absolute atomic E-state index is 12.2. The number of urea groups is 1. The molecule has 25 heavy (non-hydrogen) atoms. The standard InChI is InChI=1S/C20H33N3O2/c1-15(2)11-19(14-24)22-20(25)21-18-9-10-23(16(3)12-18)13-17-7-5-4-6-8-17/h4-8,15-16,18-19,24H,9-14H2,1-3H3,(H2,21,22,25). The molecule has 1 heterocycles. The zero-order valence-corrected chi connectivity index (χ0v) is 15.7. The highest BCUT2D eigenvalue weighted by atomic mass is 16.3. The lowest BCUT2D eigenvalue weighted by Gasteiger charge is -2.38. The lowest BCUT2D eigenvalue weighted by Crippen LogP contribution is -2.52. The molecule has 0 saturated carbocycles. The highest BCUT2D eigenvalue weighted by molar-refractivity contribution is 5.74. The number of amides is 2. The Morgan fingerprint density at radius 3 is 2.64 bits per heavy atom. The summed E-state index contributed by atoms with van der Waals surface area (Å²) in [6.45, 7) is 8.33. The number of carbonyl (C=O) groups excluding carboxylic acids is 1. The minimum absolute atomic E-state index is 0.0163. The van der Waals surface area contributed by atoms with Crippen LogP contribution in [0, 0.1) is 5.92 Å². The molecule has 2 amide bonds. The minimum Gasteiger partial charge on any atom is -0.394 e. The number of aliphatic hydroxyl groups excluding tert-OH is 1. The molecule has 1 aliphatic heterocycles. The summed E-state index contributed by atoms with van der Waals surface area (Å²) in [7, 11) is 0. The van der Waals surface area contributed by atoms with E-state index in [9.17, 15) is 9.90 Å². The van der Waals surface area contributed by atoms with Gasteiger partial charge in [-0.2, -0.15) is 0 Å². The molecule has 1 aromatic carbocycles. The number of nitrogens with one attached hydrogen (secondary N) is 2. The lowest BCUT2D eigenvalue weighted by atomic mass is 9.97. The van der Waals surface area contributed by atoms with Crippen LogP contribution in [0.25, 0.3) is 0 Å². The summed E-state index contributed by atoms with van der Waals surface area (Å²) in [5.74, 6) is 0.443. The van der Waals surface area contributed by atoms with Gasteiger partial charge in [-0.3, -0.25) is 4.90 Å². The molecule has 2 rings (SSSR count). The summed E-state index contributed by atoms with van der Waals surface area (Å²) in [5, 5.41) is 15.4. The van der Waals surface area contributed by atoms with Gasteiger partial charge in [-0.15, -0.1) is 0 Å². The molecule has 0 radical (unpaired) electrons. The summed E-state index contributed by atoms with van der Waals surface area (Å²) < 4.78 is 0. The Hall–Kier alpha value is -1.59. The Kier molecular flexibility index (Phi) is 7.72. The Balaban J connectivity index is 1.77. The van der Waals surface area contributed by atoms with Crippen LogP contribution in [0.1, 0.15) is 45.6 Å². The molecule has 5 nitrogen and oxygen atoms in total. The Bertz CT molecular complexity index is 521. The van der Waals surface area contributed by atoms with Crippen molar-refractivity contribution in [3.8, 4) is 0 Å². The number of piperidine rings is 1. The highest BCUT2D eigenvalue weighted by Gasteiger charge is 2.26.